The van der Waals surface area contributed by atoms with Crippen LogP contribution in [0.3, 0.4) is 0 Å². The molecule has 0 bridgehead atoms. The van der Waals surface area contributed by atoms with E-state index in [1.165, 1.54) is 10.8 Å². The summed E-state index contributed by atoms with van der Waals surface area (Å²) in [5, 5.41) is 50.0. The van der Waals surface area contributed by atoms with Crippen LogP contribution in [0, 0.1) is 6.92 Å². The molecule has 138 valence electrons. The lowest BCUT2D eigenvalue weighted by molar-refractivity contribution is -0.149. The van der Waals surface area contributed by atoms with E-state index >= 15 is 0 Å². The quantitative estimate of drug-likeness (QED) is 0.293. The van der Waals surface area contributed by atoms with Crippen LogP contribution in [-0.4, -0.2) is 77.2 Å². The van der Waals surface area contributed by atoms with Gasteiger partial charge in [-0.2, -0.15) is 4.98 Å². The molecular formula is C14H20N4O7. The summed E-state index contributed by atoms with van der Waals surface area (Å²) >= 11 is 0. The Labute approximate surface area is 140 Å². The van der Waals surface area contributed by atoms with Gasteiger partial charge in [-0.15, -0.1) is 0 Å². The maximum absolute atomic E-state index is 12.1. The van der Waals surface area contributed by atoms with E-state index in [1.807, 2.05) is 0 Å². The van der Waals surface area contributed by atoms with Gasteiger partial charge >= 0.3 is 0 Å². The number of rotatable bonds is 2. The van der Waals surface area contributed by atoms with Crippen LogP contribution < -0.4 is 11.3 Å². The molecule has 1 fully saturated rings. The van der Waals surface area contributed by atoms with E-state index in [0.29, 0.717) is 5.56 Å². The Morgan fingerprint density at radius 1 is 1.24 bits per heavy atom. The van der Waals surface area contributed by atoms with Crippen LogP contribution in [0.15, 0.2) is 11.0 Å². The van der Waals surface area contributed by atoms with Gasteiger partial charge < -0.3 is 40.6 Å². The summed E-state index contributed by atoms with van der Waals surface area (Å²) in [6.07, 6.45) is -7.92. The number of fused-ring (bicyclic) bond motifs is 1. The topological polar surface area (TPSA) is 187 Å². The van der Waals surface area contributed by atoms with E-state index in [-0.39, 0.29) is 17.0 Å². The van der Waals surface area contributed by atoms with Gasteiger partial charge in [0, 0.05) is 6.20 Å². The number of nitrogen functional groups attached to an aromatic ring is 1. The normalized spacial score (nSPS) is 33.5. The number of aliphatic hydroxyl groups excluding tert-OH is 5. The Morgan fingerprint density at radius 3 is 2.52 bits per heavy atom. The van der Waals surface area contributed by atoms with Crippen molar-refractivity contribution < 1.29 is 30.3 Å². The van der Waals surface area contributed by atoms with E-state index in [1.54, 1.807) is 6.92 Å². The first-order chi connectivity index (χ1) is 11.8. The van der Waals surface area contributed by atoms with Crippen molar-refractivity contribution in [3.05, 3.63) is 22.1 Å². The molecule has 11 nitrogen and oxygen atoms in total. The second-order valence-electron chi connectivity index (χ2n) is 6.08. The fraction of sp³-hybridized carbons (Fsp3) is 0.571. The highest BCUT2D eigenvalue weighted by Crippen LogP contribution is 2.31. The van der Waals surface area contributed by atoms with Gasteiger partial charge in [0.15, 0.2) is 11.9 Å². The molecule has 1 aliphatic heterocycles. The van der Waals surface area contributed by atoms with Gasteiger partial charge in [0.05, 0.1) is 12.0 Å². The number of aliphatic hydroxyl groups is 5. The first-order valence-electron chi connectivity index (χ1n) is 7.61. The molecule has 25 heavy (non-hydrogen) atoms. The maximum atomic E-state index is 12.1. The fourth-order valence-corrected chi connectivity index (χ4v) is 3.06. The average Bonchev–Trinajstić information content (AvgIpc) is 2.86. The SMILES string of the molecule is Cc1cn([C@@H]2OC(CO)[C@@H](O)[C@H](O)C(O)C2O)c2nc(N)[nH]c(=O)c12. The molecule has 3 heterocycles. The van der Waals surface area contributed by atoms with Crippen LogP contribution >= 0.6 is 0 Å². The lowest BCUT2D eigenvalue weighted by Crippen LogP contribution is -2.47. The first-order valence-corrected chi connectivity index (χ1v) is 7.61. The molecule has 3 rings (SSSR count). The van der Waals surface area contributed by atoms with Gasteiger partial charge in [0.1, 0.15) is 30.5 Å². The van der Waals surface area contributed by atoms with Gasteiger partial charge in [0.25, 0.3) is 5.56 Å². The highest BCUT2D eigenvalue weighted by atomic mass is 16.6. The van der Waals surface area contributed by atoms with Crippen molar-refractivity contribution in [2.75, 3.05) is 12.3 Å². The number of nitrogens with two attached hydrogens (primary N) is 1. The number of hydrogen-bond acceptors (Lipinski definition) is 9. The second kappa shape index (κ2) is 6.37. The highest BCUT2D eigenvalue weighted by molar-refractivity contribution is 5.80. The third-order valence-electron chi connectivity index (χ3n) is 4.38. The molecule has 6 atom stereocenters. The Kier molecular flexibility index (Phi) is 4.53. The summed E-state index contributed by atoms with van der Waals surface area (Å²) in [5.41, 5.74) is 5.69. The summed E-state index contributed by atoms with van der Waals surface area (Å²) in [5.74, 6) is -0.153. The van der Waals surface area contributed by atoms with Crippen LogP contribution in [0.5, 0.6) is 0 Å². The van der Waals surface area contributed by atoms with Crippen molar-refractivity contribution in [1.29, 1.82) is 0 Å². The summed E-state index contributed by atoms with van der Waals surface area (Å²) in [6.45, 7) is 0.973. The van der Waals surface area contributed by atoms with Crippen molar-refractivity contribution in [2.45, 2.75) is 43.7 Å². The molecule has 0 spiro atoms. The zero-order valence-corrected chi connectivity index (χ0v) is 13.3. The minimum absolute atomic E-state index is 0.0950. The molecule has 11 heteroatoms. The van der Waals surface area contributed by atoms with Gasteiger partial charge in [-0.3, -0.25) is 9.78 Å². The number of hydrogen-bond donors (Lipinski definition) is 7. The molecule has 0 aromatic carbocycles. The highest BCUT2D eigenvalue weighted by Gasteiger charge is 2.45. The smallest absolute Gasteiger partial charge is 0.262 e. The van der Waals surface area contributed by atoms with Crippen LogP contribution in [0.2, 0.25) is 0 Å². The first kappa shape index (κ1) is 17.8. The van der Waals surface area contributed by atoms with Crippen molar-refractivity contribution >= 4 is 17.0 Å². The van der Waals surface area contributed by atoms with Gasteiger partial charge in [-0.05, 0) is 12.5 Å². The predicted octanol–water partition coefficient (Wildman–Crippen LogP) is -3.05. The van der Waals surface area contributed by atoms with Crippen LogP contribution in [0.1, 0.15) is 11.8 Å². The van der Waals surface area contributed by atoms with Gasteiger partial charge in [-0.25, -0.2) is 0 Å². The Bertz CT molecular complexity index is 832. The number of aryl methyl sites for hydroxylation is 1. The Hall–Kier alpha value is -2.02. The number of nitrogens with zero attached hydrogens (tertiary/aromatic N) is 2. The third kappa shape index (κ3) is 2.80. The largest absolute Gasteiger partial charge is 0.394 e. The molecular weight excluding hydrogens is 336 g/mol. The van der Waals surface area contributed by atoms with Crippen LogP contribution in [-0.2, 0) is 4.74 Å². The molecule has 0 radical (unpaired) electrons. The monoisotopic (exact) mass is 356 g/mol. The van der Waals surface area contributed by atoms with Gasteiger partial charge in [-0.1, -0.05) is 0 Å². The maximum Gasteiger partial charge on any atom is 0.262 e. The molecule has 1 aliphatic rings. The molecule has 0 aliphatic carbocycles. The molecule has 3 unspecified atom stereocenters. The molecule has 2 aromatic rings. The van der Waals surface area contributed by atoms with E-state index in [0.717, 1.165) is 0 Å². The predicted molar refractivity (Wildman–Crippen MR) is 84.5 cm³/mol. The zero-order chi connectivity index (χ0) is 18.5. The van der Waals surface area contributed by atoms with E-state index in [9.17, 15) is 30.3 Å². The number of nitrogens with one attached hydrogen (secondary N) is 1. The molecule has 0 amide bonds. The molecule has 0 saturated carbocycles. The zero-order valence-electron chi connectivity index (χ0n) is 13.3. The van der Waals surface area contributed by atoms with Crippen LogP contribution in [0.25, 0.3) is 11.0 Å². The lowest BCUT2D eigenvalue weighted by atomic mass is 10.0. The van der Waals surface area contributed by atoms with Crippen molar-refractivity contribution in [3.63, 3.8) is 0 Å². The van der Waals surface area contributed by atoms with Crippen molar-refractivity contribution in [3.8, 4) is 0 Å². The van der Waals surface area contributed by atoms with Crippen LogP contribution in [0.4, 0.5) is 5.95 Å². The Balaban J connectivity index is 2.17. The number of aromatic amines is 1. The Morgan fingerprint density at radius 2 is 1.88 bits per heavy atom. The number of aromatic nitrogens is 3. The second-order valence-corrected chi connectivity index (χ2v) is 6.08. The molecule has 8 N–H and O–H groups in total. The minimum Gasteiger partial charge on any atom is -0.394 e. The van der Waals surface area contributed by atoms with E-state index in [4.69, 9.17) is 10.5 Å². The number of anilines is 1. The van der Waals surface area contributed by atoms with Crippen molar-refractivity contribution in [1.82, 2.24) is 14.5 Å². The molecule has 1 saturated heterocycles. The summed E-state index contributed by atoms with van der Waals surface area (Å²) < 4.78 is 6.79. The van der Waals surface area contributed by atoms with E-state index in [2.05, 4.69) is 9.97 Å². The molecule has 2 aromatic heterocycles. The summed E-state index contributed by atoms with van der Waals surface area (Å²) in [4.78, 5) is 18.5. The minimum atomic E-state index is -1.76. The van der Waals surface area contributed by atoms with Gasteiger partial charge in [0.2, 0.25) is 5.95 Å². The standard InChI is InChI=1S/C14H20N4O7/c1-4-2-18(11-6(4)12(24)17-14(15)16-11)13-10(23)9(22)8(21)7(20)5(3-19)25-13/h2,5,7-10,13,19-23H,3H2,1H3,(H3,15,16,17,24)/t5?,7-,8+,9?,10?,13-/m1/s1. The van der Waals surface area contributed by atoms with E-state index < -0.39 is 48.9 Å². The number of ether oxygens (including phenoxy) is 1. The lowest BCUT2D eigenvalue weighted by Gasteiger charge is -2.27. The fourth-order valence-electron chi connectivity index (χ4n) is 3.06. The average molecular weight is 356 g/mol. The third-order valence-corrected chi connectivity index (χ3v) is 4.38. The van der Waals surface area contributed by atoms with Crippen molar-refractivity contribution in [2.24, 2.45) is 0 Å². The number of H-pyrrole nitrogens is 1. The summed E-state index contributed by atoms with van der Waals surface area (Å²) in [7, 11) is 0. The summed E-state index contributed by atoms with van der Waals surface area (Å²) in [6, 6.07) is 0.